The second kappa shape index (κ2) is 7.46. The predicted octanol–water partition coefficient (Wildman–Crippen LogP) is 1.92. The molecule has 0 aliphatic carbocycles. The summed E-state index contributed by atoms with van der Waals surface area (Å²) < 4.78 is 7.55. The van der Waals surface area contributed by atoms with E-state index in [0.717, 1.165) is 29.2 Å². The number of rotatable bonds is 5. The van der Waals surface area contributed by atoms with E-state index in [1.165, 1.54) is 6.33 Å². The van der Waals surface area contributed by atoms with Gasteiger partial charge in [0.05, 0.1) is 6.61 Å². The maximum atomic E-state index is 8.73. The smallest absolute Gasteiger partial charge is 0.164 e. The summed E-state index contributed by atoms with van der Waals surface area (Å²) in [5.74, 6) is 7.55. The van der Waals surface area contributed by atoms with Crippen LogP contribution in [-0.2, 0) is 13.2 Å². The monoisotopic (exact) mass is 285 g/mol. The van der Waals surface area contributed by atoms with E-state index in [-0.39, 0.29) is 6.61 Å². The first kappa shape index (κ1) is 15.1. The number of aromatic nitrogens is 3. The summed E-state index contributed by atoms with van der Waals surface area (Å²) in [4.78, 5) is 4.17. The van der Waals surface area contributed by atoms with Crippen LogP contribution in [0, 0.1) is 18.8 Å². The van der Waals surface area contributed by atoms with Crippen molar-refractivity contribution in [2.45, 2.75) is 33.4 Å². The molecule has 2 aromatic rings. The van der Waals surface area contributed by atoms with Crippen molar-refractivity contribution < 1.29 is 9.84 Å². The average molecular weight is 285 g/mol. The number of aliphatic hydroxyl groups excluding tert-OH is 1. The maximum absolute atomic E-state index is 8.73. The molecule has 2 rings (SSSR count). The Labute approximate surface area is 124 Å². The highest BCUT2D eigenvalue weighted by Crippen LogP contribution is 2.17. The van der Waals surface area contributed by atoms with E-state index in [1.54, 1.807) is 0 Å². The van der Waals surface area contributed by atoms with Crippen molar-refractivity contribution in [3.63, 3.8) is 0 Å². The summed E-state index contributed by atoms with van der Waals surface area (Å²) in [5.41, 5.74) is 2.00. The molecule has 0 atom stereocenters. The van der Waals surface area contributed by atoms with Crippen molar-refractivity contribution in [1.82, 2.24) is 14.8 Å². The Morgan fingerprint density at radius 2 is 2.24 bits per heavy atom. The molecule has 0 unspecified atom stereocenters. The molecule has 5 heteroatoms. The quantitative estimate of drug-likeness (QED) is 0.853. The minimum atomic E-state index is 0.0886. The average Bonchev–Trinajstić information content (AvgIpc) is 2.95. The van der Waals surface area contributed by atoms with Gasteiger partial charge in [-0.3, -0.25) is 0 Å². The van der Waals surface area contributed by atoms with E-state index >= 15 is 0 Å². The third kappa shape index (κ3) is 4.07. The van der Waals surface area contributed by atoms with E-state index in [9.17, 15) is 0 Å². The van der Waals surface area contributed by atoms with Gasteiger partial charge in [-0.1, -0.05) is 11.8 Å². The van der Waals surface area contributed by atoms with Gasteiger partial charge in [0.1, 0.15) is 18.7 Å². The van der Waals surface area contributed by atoms with Crippen LogP contribution in [0.3, 0.4) is 0 Å². The number of hydrogen-bond donors (Lipinski definition) is 1. The first-order valence-corrected chi connectivity index (χ1v) is 6.94. The summed E-state index contributed by atoms with van der Waals surface area (Å²) >= 11 is 0. The Balaban J connectivity index is 2.02. The lowest BCUT2D eigenvalue weighted by Gasteiger charge is -2.08. The van der Waals surface area contributed by atoms with E-state index < -0.39 is 0 Å². The standard InChI is InChI=1S/C16H19N3O2/c1-3-19-16(17-12-18-19)11-21-15-8-7-14(13(2)10-15)6-4-5-9-20/h7-8,10,12,20H,3,5,9,11H2,1-2H3. The third-order valence-electron chi connectivity index (χ3n) is 3.02. The van der Waals surface area contributed by atoms with Gasteiger partial charge in [0.15, 0.2) is 5.82 Å². The molecule has 1 N–H and O–H groups in total. The molecule has 0 saturated carbocycles. The highest BCUT2D eigenvalue weighted by molar-refractivity contribution is 5.44. The molecule has 5 nitrogen and oxygen atoms in total. The van der Waals surface area contributed by atoms with Gasteiger partial charge >= 0.3 is 0 Å². The predicted molar refractivity (Wildman–Crippen MR) is 79.8 cm³/mol. The van der Waals surface area contributed by atoms with Crippen molar-refractivity contribution in [3.05, 3.63) is 41.5 Å². The van der Waals surface area contributed by atoms with E-state index in [1.807, 2.05) is 36.7 Å². The number of aliphatic hydroxyl groups is 1. The van der Waals surface area contributed by atoms with Crippen molar-refractivity contribution in [2.75, 3.05) is 6.61 Å². The van der Waals surface area contributed by atoms with Crippen LogP contribution in [0.25, 0.3) is 0 Å². The Bertz CT molecular complexity index is 653. The number of hydrogen-bond acceptors (Lipinski definition) is 4. The Morgan fingerprint density at radius 1 is 1.38 bits per heavy atom. The van der Waals surface area contributed by atoms with Crippen LogP contribution in [0.5, 0.6) is 5.75 Å². The summed E-state index contributed by atoms with van der Waals surface area (Å²) in [6, 6.07) is 5.78. The van der Waals surface area contributed by atoms with Gasteiger partial charge in [-0.2, -0.15) is 5.10 Å². The Morgan fingerprint density at radius 3 is 2.95 bits per heavy atom. The Hall–Kier alpha value is -2.32. The lowest BCUT2D eigenvalue weighted by molar-refractivity contribution is 0.287. The molecule has 1 aromatic heterocycles. The molecule has 0 aliphatic rings. The van der Waals surface area contributed by atoms with Gasteiger partial charge in [0.2, 0.25) is 0 Å². The van der Waals surface area contributed by atoms with Gasteiger partial charge < -0.3 is 9.84 Å². The van der Waals surface area contributed by atoms with Crippen molar-refractivity contribution in [3.8, 4) is 17.6 Å². The summed E-state index contributed by atoms with van der Waals surface area (Å²) in [6.45, 7) is 5.26. The fourth-order valence-electron chi connectivity index (χ4n) is 1.89. The van der Waals surface area contributed by atoms with Crippen molar-refractivity contribution in [1.29, 1.82) is 0 Å². The van der Waals surface area contributed by atoms with Gasteiger partial charge in [-0.25, -0.2) is 9.67 Å². The first-order chi connectivity index (χ1) is 10.2. The number of aryl methyl sites for hydroxylation is 2. The van der Waals surface area contributed by atoms with E-state index in [0.29, 0.717) is 13.0 Å². The minimum absolute atomic E-state index is 0.0886. The molecule has 0 bridgehead atoms. The highest BCUT2D eigenvalue weighted by atomic mass is 16.5. The molecule has 0 saturated heterocycles. The normalized spacial score (nSPS) is 10.0. The van der Waals surface area contributed by atoms with Crippen LogP contribution in [0.2, 0.25) is 0 Å². The minimum Gasteiger partial charge on any atom is -0.486 e. The topological polar surface area (TPSA) is 60.2 Å². The van der Waals surface area contributed by atoms with E-state index in [2.05, 4.69) is 21.9 Å². The SMILES string of the molecule is CCn1ncnc1COc1ccc(C#CCCO)c(C)c1. The largest absolute Gasteiger partial charge is 0.486 e. The van der Waals surface area contributed by atoms with Crippen LogP contribution in [-0.4, -0.2) is 26.5 Å². The number of nitrogens with zero attached hydrogens (tertiary/aromatic N) is 3. The molecular weight excluding hydrogens is 266 g/mol. The van der Waals surface area contributed by atoms with Gasteiger partial charge in [-0.05, 0) is 37.6 Å². The third-order valence-corrected chi connectivity index (χ3v) is 3.02. The molecule has 0 amide bonds. The van der Waals surface area contributed by atoms with Crippen LogP contribution in [0.1, 0.15) is 30.3 Å². The zero-order valence-corrected chi connectivity index (χ0v) is 12.3. The highest BCUT2D eigenvalue weighted by Gasteiger charge is 2.04. The zero-order valence-electron chi connectivity index (χ0n) is 12.3. The fraction of sp³-hybridized carbons (Fsp3) is 0.375. The summed E-state index contributed by atoms with van der Waals surface area (Å²) in [5, 5.41) is 12.8. The molecule has 110 valence electrons. The number of ether oxygens (including phenoxy) is 1. The van der Waals surface area contributed by atoms with Gasteiger partial charge in [0.25, 0.3) is 0 Å². The number of benzene rings is 1. The fourth-order valence-corrected chi connectivity index (χ4v) is 1.89. The zero-order chi connectivity index (χ0) is 15.1. The molecule has 1 aromatic carbocycles. The van der Waals surface area contributed by atoms with Crippen molar-refractivity contribution in [2.24, 2.45) is 0 Å². The van der Waals surface area contributed by atoms with Crippen LogP contribution in [0.15, 0.2) is 24.5 Å². The summed E-state index contributed by atoms with van der Waals surface area (Å²) in [7, 11) is 0. The maximum Gasteiger partial charge on any atom is 0.164 e. The molecule has 0 aliphatic heterocycles. The second-order valence-corrected chi connectivity index (χ2v) is 4.53. The second-order valence-electron chi connectivity index (χ2n) is 4.53. The van der Waals surface area contributed by atoms with E-state index in [4.69, 9.17) is 9.84 Å². The van der Waals surface area contributed by atoms with Crippen LogP contribution >= 0.6 is 0 Å². The molecule has 0 radical (unpaired) electrons. The molecule has 0 spiro atoms. The first-order valence-electron chi connectivity index (χ1n) is 6.94. The molecule has 0 fully saturated rings. The van der Waals surface area contributed by atoms with Crippen LogP contribution in [0.4, 0.5) is 0 Å². The Kier molecular flexibility index (Phi) is 5.35. The summed E-state index contributed by atoms with van der Waals surface area (Å²) in [6.07, 6.45) is 2.03. The van der Waals surface area contributed by atoms with Crippen LogP contribution < -0.4 is 4.74 Å². The van der Waals surface area contributed by atoms with Gasteiger partial charge in [0, 0.05) is 18.5 Å². The lowest BCUT2D eigenvalue weighted by Crippen LogP contribution is -2.07. The molecule has 21 heavy (non-hydrogen) atoms. The molecular formula is C16H19N3O2. The lowest BCUT2D eigenvalue weighted by atomic mass is 10.1. The molecule has 1 heterocycles. The van der Waals surface area contributed by atoms with Crippen molar-refractivity contribution >= 4 is 0 Å². The van der Waals surface area contributed by atoms with Gasteiger partial charge in [-0.15, -0.1) is 0 Å².